The summed E-state index contributed by atoms with van der Waals surface area (Å²) >= 11 is 0. The Morgan fingerprint density at radius 2 is 1.17 bits per heavy atom. The zero-order chi connectivity index (χ0) is 37.4. The van der Waals surface area contributed by atoms with E-state index < -0.39 is 8.07 Å². The Morgan fingerprint density at radius 3 is 1.77 bits per heavy atom. The average molecular weight is 729 g/mol. The average Bonchev–Trinajstić information content (AvgIpc) is 3.80. The monoisotopic (exact) mass is 729 g/mol. The maximum Gasteiger partial charge on any atom is 0.126 e. The van der Waals surface area contributed by atoms with Gasteiger partial charge >= 0.3 is 0 Å². The van der Waals surface area contributed by atoms with E-state index in [0.717, 1.165) is 64.2 Å². The maximum atomic E-state index is 6.24. The third-order valence-electron chi connectivity index (χ3n) is 16.2. The normalized spacial score (nSPS) is 33.4. The van der Waals surface area contributed by atoms with Crippen molar-refractivity contribution in [2.24, 2.45) is 41.4 Å². The first-order valence-electron chi connectivity index (χ1n) is 22.1. The van der Waals surface area contributed by atoms with Crippen molar-refractivity contribution in [1.29, 1.82) is 0 Å². The second kappa shape index (κ2) is 14.0. The fraction of sp³-hybridized carbons (Fsp3) is 0.647. The molecule has 0 radical (unpaired) electrons. The van der Waals surface area contributed by atoms with Crippen LogP contribution in [0.2, 0.25) is 24.2 Å². The smallest absolute Gasteiger partial charge is 0.126 e. The molecule has 3 aromatic rings. The van der Waals surface area contributed by atoms with E-state index in [9.17, 15) is 0 Å². The summed E-state index contributed by atoms with van der Waals surface area (Å²) in [6.45, 7) is 22.9. The van der Waals surface area contributed by atoms with E-state index in [2.05, 4.69) is 128 Å². The van der Waals surface area contributed by atoms with Crippen LogP contribution in [0.4, 0.5) is 0 Å². The van der Waals surface area contributed by atoms with Crippen molar-refractivity contribution in [3.8, 4) is 16.9 Å². The summed E-state index contributed by atoms with van der Waals surface area (Å²) < 4.78 is 6.24. The molecule has 5 aliphatic rings. The molecule has 0 aromatic heterocycles. The highest BCUT2D eigenvalue weighted by Gasteiger charge is 2.62. The van der Waals surface area contributed by atoms with Crippen LogP contribution >= 0.6 is 0 Å². The van der Waals surface area contributed by atoms with E-state index in [1.165, 1.54) is 86.5 Å². The van der Waals surface area contributed by atoms with Crippen LogP contribution in [-0.2, 0) is 10.8 Å². The van der Waals surface area contributed by atoms with Crippen molar-refractivity contribution in [2.45, 2.75) is 160 Å². The molecular weight excluding hydrogens is 657 g/mol. The lowest BCUT2D eigenvalue weighted by Crippen LogP contribution is -2.47. The molecule has 5 aliphatic carbocycles. The number of hydrogen-bond donors (Lipinski definition) is 0. The number of rotatable bonds is 7. The molecule has 3 aromatic carbocycles. The molecule has 0 amide bonds. The van der Waals surface area contributed by atoms with E-state index in [1.54, 1.807) is 11.1 Å². The Balaban J connectivity index is 1.13. The van der Waals surface area contributed by atoms with Gasteiger partial charge in [-0.25, -0.2) is 0 Å². The zero-order valence-corrected chi connectivity index (χ0v) is 36.2. The minimum Gasteiger partial charge on any atom is -0.496 e. The summed E-state index contributed by atoms with van der Waals surface area (Å²) in [4.78, 5) is 0. The Labute approximate surface area is 325 Å². The van der Waals surface area contributed by atoms with Gasteiger partial charge in [-0.3, -0.25) is 0 Å². The minimum atomic E-state index is -1.66. The summed E-state index contributed by atoms with van der Waals surface area (Å²) in [6, 6.07) is 26.1. The van der Waals surface area contributed by atoms with Crippen LogP contribution in [0.15, 0.2) is 66.7 Å². The molecular formula is C51H72OSi. The largest absolute Gasteiger partial charge is 0.496 e. The van der Waals surface area contributed by atoms with Crippen molar-refractivity contribution in [2.75, 3.05) is 7.11 Å². The van der Waals surface area contributed by atoms with Crippen molar-refractivity contribution < 1.29 is 4.74 Å². The number of hydrogen-bond acceptors (Lipinski definition) is 1. The van der Waals surface area contributed by atoms with E-state index in [-0.39, 0.29) is 10.8 Å². The Kier molecular flexibility index (Phi) is 9.93. The van der Waals surface area contributed by atoms with Gasteiger partial charge in [0.2, 0.25) is 0 Å². The first kappa shape index (κ1) is 37.6. The summed E-state index contributed by atoms with van der Waals surface area (Å²) in [6.07, 6.45) is 14.5. The SMILES string of the molecule is COc1c(C(C)(C)C)cc(C2CCCC3C2CC(C)C3[Si](C)(C)C2C(C3CC3)CC3C(c4ccccc4-c4ccccc4)CCCC32)cc1C(C)(C)C. The summed E-state index contributed by atoms with van der Waals surface area (Å²) in [5.74, 6) is 8.92. The molecule has 5 saturated carbocycles. The molecule has 286 valence electrons. The van der Waals surface area contributed by atoms with Gasteiger partial charge in [0.25, 0.3) is 0 Å². The van der Waals surface area contributed by atoms with Gasteiger partial charge in [-0.05, 0) is 136 Å². The van der Waals surface area contributed by atoms with Gasteiger partial charge < -0.3 is 4.74 Å². The lowest BCUT2D eigenvalue weighted by molar-refractivity contribution is 0.226. The van der Waals surface area contributed by atoms with Crippen LogP contribution in [0.25, 0.3) is 11.1 Å². The summed E-state index contributed by atoms with van der Waals surface area (Å²) in [5, 5.41) is 0. The molecule has 0 bridgehead atoms. The fourth-order valence-corrected chi connectivity index (χ4v) is 20.9. The highest BCUT2D eigenvalue weighted by atomic mass is 28.3. The van der Waals surface area contributed by atoms with Crippen molar-refractivity contribution in [3.05, 3.63) is 89.0 Å². The third kappa shape index (κ3) is 6.71. The number of ether oxygens (including phenoxy) is 1. The quantitative estimate of drug-likeness (QED) is 0.220. The van der Waals surface area contributed by atoms with E-state index in [0.29, 0.717) is 5.92 Å². The van der Waals surface area contributed by atoms with Crippen LogP contribution in [-0.4, -0.2) is 15.2 Å². The number of fused-ring (bicyclic) bond motifs is 2. The molecule has 53 heavy (non-hydrogen) atoms. The van der Waals surface area contributed by atoms with Crippen LogP contribution in [0.5, 0.6) is 5.75 Å². The topological polar surface area (TPSA) is 9.23 Å². The fourth-order valence-electron chi connectivity index (χ4n) is 14.3. The van der Waals surface area contributed by atoms with Gasteiger partial charge in [0.15, 0.2) is 0 Å². The standard InChI is InChI=1S/C51H72OSi/c1-32-28-43-37(35-29-45(50(2,3)4)47(52-8)46(30-35)51(5,6)7)22-16-24-40(43)48(32)53(9,10)49-41-25-17-23-39(44(41)31-42(49)34-26-27-34)38-21-15-14-20-36(38)33-18-12-11-13-19-33/h11-15,18-21,29-30,32,34,37,39-44,48-49H,16-17,22-28,31H2,1-10H3. The molecule has 0 saturated heterocycles. The third-order valence-corrected chi connectivity index (χ3v) is 21.5. The lowest BCUT2D eigenvalue weighted by atomic mass is 9.68. The van der Waals surface area contributed by atoms with E-state index in [4.69, 9.17) is 4.74 Å². The Bertz CT molecular complexity index is 1720. The van der Waals surface area contributed by atoms with Crippen LogP contribution in [0.1, 0.15) is 147 Å². The predicted molar refractivity (Wildman–Crippen MR) is 229 cm³/mol. The highest BCUT2D eigenvalue weighted by molar-refractivity contribution is 6.80. The Morgan fingerprint density at radius 1 is 0.604 bits per heavy atom. The molecule has 2 heteroatoms. The van der Waals surface area contributed by atoms with Gasteiger partial charge in [0.1, 0.15) is 5.75 Å². The van der Waals surface area contributed by atoms with Gasteiger partial charge in [-0.1, -0.05) is 154 Å². The molecule has 8 rings (SSSR count). The van der Waals surface area contributed by atoms with Crippen molar-refractivity contribution in [1.82, 2.24) is 0 Å². The molecule has 0 aliphatic heterocycles. The lowest BCUT2D eigenvalue weighted by Gasteiger charge is -2.49. The van der Waals surface area contributed by atoms with Crippen LogP contribution in [0.3, 0.4) is 0 Å². The van der Waals surface area contributed by atoms with E-state index >= 15 is 0 Å². The zero-order valence-electron chi connectivity index (χ0n) is 35.2. The Hall–Kier alpha value is -2.32. The molecule has 1 nitrogen and oxygen atoms in total. The predicted octanol–water partition coefficient (Wildman–Crippen LogP) is 14.6. The maximum absolute atomic E-state index is 6.24. The van der Waals surface area contributed by atoms with Crippen molar-refractivity contribution in [3.63, 3.8) is 0 Å². The molecule has 10 unspecified atom stereocenters. The minimum absolute atomic E-state index is 0.0477. The summed E-state index contributed by atoms with van der Waals surface area (Å²) in [5.41, 5.74) is 11.1. The van der Waals surface area contributed by atoms with Gasteiger partial charge in [0, 0.05) is 11.1 Å². The first-order chi connectivity index (χ1) is 25.2. The molecule has 0 spiro atoms. The molecule has 10 atom stereocenters. The van der Waals surface area contributed by atoms with Crippen LogP contribution < -0.4 is 4.74 Å². The van der Waals surface area contributed by atoms with Gasteiger partial charge in [0.05, 0.1) is 15.2 Å². The van der Waals surface area contributed by atoms with Crippen LogP contribution in [0, 0.1) is 41.4 Å². The van der Waals surface area contributed by atoms with Crippen molar-refractivity contribution >= 4 is 8.07 Å². The molecule has 0 heterocycles. The summed E-state index contributed by atoms with van der Waals surface area (Å²) in [7, 11) is 0.236. The number of methoxy groups -OCH3 is 1. The van der Waals surface area contributed by atoms with Gasteiger partial charge in [-0.2, -0.15) is 0 Å². The van der Waals surface area contributed by atoms with Gasteiger partial charge in [-0.15, -0.1) is 0 Å². The number of benzene rings is 3. The second-order valence-electron chi connectivity index (χ2n) is 21.7. The van der Waals surface area contributed by atoms with E-state index in [1.807, 2.05) is 7.11 Å². The highest BCUT2D eigenvalue weighted by Crippen LogP contribution is 2.70. The molecule has 0 N–H and O–H groups in total. The molecule has 5 fully saturated rings. The second-order valence-corrected chi connectivity index (χ2v) is 26.6. The first-order valence-corrected chi connectivity index (χ1v) is 25.2.